The lowest BCUT2D eigenvalue weighted by Crippen LogP contribution is -2.43. The molecule has 31 heavy (non-hydrogen) atoms. The summed E-state index contributed by atoms with van der Waals surface area (Å²) in [6.45, 7) is 3.73. The lowest BCUT2D eigenvalue weighted by Gasteiger charge is -2.29. The van der Waals surface area contributed by atoms with Gasteiger partial charge in [-0.1, -0.05) is 12.1 Å². The van der Waals surface area contributed by atoms with Crippen LogP contribution in [-0.2, 0) is 13.1 Å². The molecule has 1 atom stereocenters. The molecule has 0 bridgehead atoms. The zero-order valence-electron chi connectivity index (χ0n) is 17.7. The highest BCUT2D eigenvalue weighted by molar-refractivity contribution is 5.40. The van der Waals surface area contributed by atoms with Gasteiger partial charge in [-0.3, -0.25) is 9.58 Å². The molecule has 0 saturated carbocycles. The van der Waals surface area contributed by atoms with Gasteiger partial charge < -0.3 is 14.7 Å². The van der Waals surface area contributed by atoms with E-state index in [4.69, 9.17) is 4.74 Å². The van der Waals surface area contributed by atoms with Crippen LogP contribution in [0.5, 0.6) is 5.75 Å². The number of ether oxygens (including phenoxy) is 1. The van der Waals surface area contributed by atoms with Crippen LogP contribution >= 0.6 is 0 Å². The van der Waals surface area contributed by atoms with E-state index in [0.717, 1.165) is 17.9 Å². The number of β-amino-alcohol motifs (C(OH)–C–C–N with tert-alkyl or cyclic N) is 1. The minimum absolute atomic E-state index is 0.354. The number of aromatic nitrogens is 3. The molecule has 3 heterocycles. The second-order valence-electron chi connectivity index (χ2n) is 8.16. The molecule has 1 N–H and O–H groups in total. The van der Waals surface area contributed by atoms with E-state index in [1.165, 1.54) is 12.3 Å². The molecule has 1 aromatic carbocycles. The van der Waals surface area contributed by atoms with E-state index in [2.05, 4.69) is 15.0 Å². The number of anilines is 1. The van der Waals surface area contributed by atoms with Crippen LogP contribution in [0.2, 0.25) is 0 Å². The third-order valence-electron chi connectivity index (χ3n) is 5.46. The van der Waals surface area contributed by atoms with Gasteiger partial charge >= 0.3 is 0 Å². The smallest absolute Gasteiger partial charge is 0.141 e. The number of halogens is 1. The van der Waals surface area contributed by atoms with Crippen molar-refractivity contribution < 1.29 is 14.2 Å². The standard InChI is InChI=1S/C23H28FN5O2/c1-27(17-23(30)9-12-28(18-23)22-8-5-20(24)15-25-22)16-19-3-6-21(7-4-19)31-14-13-29-11-2-10-26-29/h2-8,10-11,15,30H,9,12-14,16-18H2,1H3. The number of benzene rings is 1. The van der Waals surface area contributed by atoms with Gasteiger partial charge in [-0.25, -0.2) is 9.37 Å². The third-order valence-corrected chi connectivity index (χ3v) is 5.46. The largest absolute Gasteiger partial charge is 0.492 e. The molecule has 164 valence electrons. The van der Waals surface area contributed by atoms with E-state index in [0.29, 0.717) is 45.0 Å². The maximum atomic E-state index is 13.1. The Hall–Kier alpha value is -2.97. The first-order valence-corrected chi connectivity index (χ1v) is 10.5. The van der Waals surface area contributed by atoms with Crippen LogP contribution in [0.1, 0.15) is 12.0 Å². The summed E-state index contributed by atoms with van der Waals surface area (Å²) >= 11 is 0. The molecule has 7 nitrogen and oxygen atoms in total. The predicted molar refractivity (Wildman–Crippen MR) is 116 cm³/mol. The Bertz CT molecular complexity index is 949. The molecule has 1 fully saturated rings. The van der Waals surface area contributed by atoms with Gasteiger partial charge in [0.05, 0.1) is 18.3 Å². The zero-order chi connectivity index (χ0) is 21.7. The van der Waals surface area contributed by atoms with Gasteiger partial charge in [-0.05, 0) is 49.4 Å². The Balaban J connectivity index is 1.24. The van der Waals surface area contributed by atoms with Crippen LogP contribution in [0, 0.1) is 5.82 Å². The Morgan fingerprint density at radius 2 is 2.06 bits per heavy atom. The molecule has 1 saturated heterocycles. The zero-order valence-corrected chi connectivity index (χ0v) is 17.7. The first-order chi connectivity index (χ1) is 15.0. The number of hydrogen-bond donors (Lipinski definition) is 1. The van der Waals surface area contributed by atoms with Gasteiger partial charge in [0.25, 0.3) is 0 Å². The average molecular weight is 426 g/mol. The Labute approximate surface area is 181 Å². The van der Waals surface area contributed by atoms with E-state index in [1.807, 2.05) is 53.2 Å². The highest BCUT2D eigenvalue weighted by Gasteiger charge is 2.37. The summed E-state index contributed by atoms with van der Waals surface area (Å²) in [6, 6.07) is 13.0. The molecular formula is C23H28FN5O2. The summed E-state index contributed by atoms with van der Waals surface area (Å²) in [4.78, 5) is 8.25. The highest BCUT2D eigenvalue weighted by Crippen LogP contribution is 2.26. The van der Waals surface area contributed by atoms with Gasteiger partial charge in [-0.2, -0.15) is 5.10 Å². The van der Waals surface area contributed by atoms with Crippen LogP contribution in [0.3, 0.4) is 0 Å². The molecule has 3 aromatic rings. The summed E-state index contributed by atoms with van der Waals surface area (Å²) in [5.41, 5.74) is 0.334. The van der Waals surface area contributed by atoms with Crippen molar-refractivity contribution >= 4 is 5.82 Å². The van der Waals surface area contributed by atoms with Gasteiger partial charge in [0, 0.05) is 38.6 Å². The SMILES string of the molecule is CN(Cc1ccc(OCCn2cccn2)cc1)CC1(O)CCN(c2ccc(F)cn2)C1. The van der Waals surface area contributed by atoms with Gasteiger partial charge in [0.2, 0.25) is 0 Å². The number of rotatable bonds is 9. The van der Waals surface area contributed by atoms with Crippen molar-refractivity contribution in [2.75, 3.05) is 38.2 Å². The number of aliphatic hydroxyl groups is 1. The number of hydrogen-bond acceptors (Lipinski definition) is 6. The second-order valence-corrected chi connectivity index (χ2v) is 8.16. The average Bonchev–Trinajstić information content (AvgIpc) is 3.40. The van der Waals surface area contributed by atoms with Crippen molar-refractivity contribution in [3.63, 3.8) is 0 Å². The summed E-state index contributed by atoms with van der Waals surface area (Å²) in [7, 11) is 2.01. The Morgan fingerprint density at radius 1 is 1.23 bits per heavy atom. The Kier molecular flexibility index (Phi) is 6.48. The van der Waals surface area contributed by atoms with Crippen molar-refractivity contribution in [3.8, 4) is 5.75 Å². The van der Waals surface area contributed by atoms with Crippen molar-refractivity contribution in [2.24, 2.45) is 0 Å². The van der Waals surface area contributed by atoms with Crippen LogP contribution in [0.4, 0.5) is 10.2 Å². The highest BCUT2D eigenvalue weighted by atomic mass is 19.1. The molecule has 1 aliphatic rings. The maximum absolute atomic E-state index is 13.1. The van der Waals surface area contributed by atoms with E-state index < -0.39 is 5.60 Å². The second kappa shape index (κ2) is 9.45. The fourth-order valence-corrected chi connectivity index (χ4v) is 3.99. The minimum Gasteiger partial charge on any atom is -0.492 e. The summed E-state index contributed by atoms with van der Waals surface area (Å²) in [5, 5.41) is 15.2. The number of pyridine rings is 1. The monoisotopic (exact) mass is 425 g/mol. The molecule has 4 rings (SSSR count). The first kappa shape index (κ1) is 21.3. The summed E-state index contributed by atoms with van der Waals surface area (Å²) in [5.74, 6) is 1.17. The maximum Gasteiger partial charge on any atom is 0.141 e. The van der Waals surface area contributed by atoms with Crippen LogP contribution in [-0.4, -0.2) is 63.7 Å². The quantitative estimate of drug-likeness (QED) is 0.569. The van der Waals surface area contributed by atoms with Gasteiger partial charge in [0.15, 0.2) is 0 Å². The Morgan fingerprint density at radius 3 is 2.77 bits per heavy atom. The normalized spacial score (nSPS) is 18.6. The molecule has 0 amide bonds. The molecule has 1 unspecified atom stereocenters. The van der Waals surface area contributed by atoms with Crippen molar-refractivity contribution in [2.45, 2.75) is 25.1 Å². The topological polar surface area (TPSA) is 66.7 Å². The van der Waals surface area contributed by atoms with Crippen LogP contribution < -0.4 is 9.64 Å². The van der Waals surface area contributed by atoms with E-state index in [-0.39, 0.29) is 5.82 Å². The first-order valence-electron chi connectivity index (χ1n) is 10.5. The molecule has 0 spiro atoms. The minimum atomic E-state index is -0.819. The fraction of sp³-hybridized carbons (Fsp3) is 0.391. The lowest BCUT2D eigenvalue weighted by molar-refractivity contribution is 0.0279. The molecule has 2 aromatic heterocycles. The summed E-state index contributed by atoms with van der Waals surface area (Å²) < 4.78 is 20.7. The van der Waals surface area contributed by atoms with Gasteiger partial charge in [-0.15, -0.1) is 0 Å². The van der Waals surface area contributed by atoms with Crippen molar-refractivity contribution in [3.05, 3.63) is 72.4 Å². The van der Waals surface area contributed by atoms with Crippen molar-refractivity contribution in [1.29, 1.82) is 0 Å². The van der Waals surface area contributed by atoms with Crippen molar-refractivity contribution in [1.82, 2.24) is 19.7 Å². The lowest BCUT2D eigenvalue weighted by atomic mass is 10.0. The van der Waals surface area contributed by atoms with Crippen LogP contribution in [0.15, 0.2) is 61.1 Å². The molecule has 8 heteroatoms. The molecular weight excluding hydrogens is 397 g/mol. The molecule has 0 aliphatic carbocycles. The predicted octanol–water partition coefficient (Wildman–Crippen LogP) is 2.57. The third kappa shape index (κ3) is 5.80. The van der Waals surface area contributed by atoms with E-state index in [9.17, 15) is 9.50 Å². The number of likely N-dealkylation sites (N-methyl/N-ethyl adjacent to an activating group) is 1. The van der Waals surface area contributed by atoms with Gasteiger partial charge in [0.1, 0.15) is 24.0 Å². The van der Waals surface area contributed by atoms with E-state index in [1.54, 1.807) is 12.3 Å². The summed E-state index contributed by atoms with van der Waals surface area (Å²) in [6.07, 6.45) is 5.53. The fourth-order valence-electron chi connectivity index (χ4n) is 3.99. The van der Waals surface area contributed by atoms with Crippen LogP contribution in [0.25, 0.3) is 0 Å². The molecule has 1 aliphatic heterocycles. The van der Waals surface area contributed by atoms with E-state index >= 15 is 0 Å². The number of nitrogens with zero attached hydrogens (tertiary/aromatic N) is 5. The molecule has 0 radical (unpaired) electrons.